The zero-order valence-corrected chi connectivity index (χ0v) is 17.6. The van der Waals surface area contributed by atoms with Crippen molar-refractivity contribution in [3.8, 4) is 0 Å². The van der Waals surface area contributed by atoms with Crippen molar-refractivity contribution < 1.29 is 18.0 Å². The summed E-state index contributed by atoms with van der Waals surface area (Å²) in [6.07, 6.45) is 0. The first kappa shape index (κ1) is 22.6. The first-order valence-corrected chi connectivity index (χ1v) is 10.9. The summed E-state index contributed by atoms with van der Waals surface area (Å²) in [7, 11) is -3.61. The lowest BCUT2D eigenvalue weighted by molar-refractivity contribution is -0.120. The summed E-state index contributed by atoms with van der Waals surface area (Å²) in [5.74, 6) is -0.580. The van der Waals surface area contributed by atoms with Crippen molar-refractivity contribution in [1.82, 2.24) is 15.4 Å². The maximum Gasteiger partial charge on any atom is 0.251 e. The maximum absolute atomic E-state index is 12.2. The second kappa shape index (κ2) is 10.2. The molecule has 1 atom stereocenters. The number of hydrogen-bond donors (Lipinski definition) is 3. The Morgan fingerprint density at radius 3 is 2.10 bits per heavy atom. The molecule has 0 fully saturated rings. The van der Waals surface area contributed by atoms with E-state index >= 15 is 0 Å². The van der Waals surface area contributed by atoms with E-state index in [-0.39, 0.29) is 34.9 Å². The highest BCUT2D eigenvalue weighted by Crippen LogP contribution is 2.13. The van der Waals surface area contributed by atoms with Crippen LogP contribution in [-0.4, -0.2) is 39.4 Å². The van der Waals surface area contributed by atoms with E-state index in [9.17, 15) is 18.0 Å². The van der Waals surface area contributed by atoms with Gasteiger partial charge in [0.25, 0.3) is 5.91 Å². The van der Waals surface area contributed by atoms with Crippen molar-refractivity contribution in [2.24, 2.45) is 0 Å². The highest BCUT2D eigenvalue weighted by Gasteiger charge is 2.16. The third-order valence-electron chi connectivity index (χ3n) is 4.20. The first-order chi connectivity index (χ1) is 13.7. The van der Waals surface area contributed by atoms with E-state index in [4.69, 9.17) is 0 Å². The van der Waals surface area contributed by atoms with E-state index in [2.05, 4.69) is 15.4 Å². The number of nitrogens with one attached hydrogen (secondary N) is 3. The summed E-state index contributed by atoms with van der Waals surface area (Å²) in [4.78, 5) is 24.3. The molecule has 0 spiro atoms. The van der Waals surface area contributed by atoms with Crippen LogP contribution in [-0.2, 0) is 14.8 Å². The Morgan fingerprint density at radius 2 is 1.52 bits per heavy atom. The number of sulfonamides is 1. The molecule has 2 aromatic rings. The topological polar surface area (TPSA) is 104 Å². The van der Waals surface area contributed by atoms with Gasteiger partial charge in [-0.25, -0.2) is 13.1 Å². The molecule has 0 aromatic heterocycles. The average molecular weight is 418 g/mol. The number of rotatable bonds is 9. The van der Waals surface area contributed by atoms with Gasteiger partial charge in [-0.1, -0.05) is 37.3 Å². The molecule has 0 bridgehead atoms. The highest BCUT2D eigenvalue weighted by molar-refractivity contribution is 7.89. The molecule has 8 heteroatoms. The van der Waals surface area contributed by atoms with Crippen molar-refractivity contribution in [1.29, 1.82) is 0 Å². The molecule has 2 rings (SSSR count). The van der Waals surface area contributed by atoms with Gasteiger partial charge >= 0.3 is 0 Å². The van der Waals surface area contributed by atoms with Crippen molar-refractivity contribution in [3.05, 3.63) is 65.7 Å². The number of carbonyl (C=O) groups is 2. The Bertz CT molecular complexity index is 926. The fourth-order valence-corrected chi connectivity index (χ4v) is 3.91. The maximum atomic E-state index is 12.2. The molecule has 3 N–H and O–H groups in total. The Morgan fingerprint density at radius 1 is 0.897 bits per heavy atom. The zero-order chi connectivity index (χ0) is 21.4. The van der Waals surface area contributed by atoms with E-state index in [1.165, 1.54) is 24.3 Å². The Labute approximate surface area is 172 Å². The molecule has 2 amide bonds. The molecule has 2 aromatic carbocycles. The standard InChI is InChI=1S/C21H27N3O4S/c1-15(2)24-29(27,28)19-11-9-18(10-12-19)21(26)23-14-20(25)22-13-16(3)17-7-5-4-6-8-17/h4-12,15-16,24H,13-14H2,1-3H3,(H,22,25)(H,23,26)/t16-/m1/s1. The summed E-state index contributed by atoms with van der Waals surface area (Å²) >= 11 is 0. The minimum atomic E-state index is -3.61. The molecule has 0 aliphatic heterocycles. The fourth-order valence-electron chi connectivity index (χ4n) is 2.66. The number of carbonyl (C=O) groups excluding carboxylic acids is 2. The normalized spacial score (nSPS) is 12.4. The van der Waals surface area contributed by atoms with Crippen LogP contribution in [0.25, 0.3) is 0 Å². The van der Waals surface area contributed by atoms with E-state index in [1.807, 2.05) is 37.3 Å². The van der Waals surface area contributed by atoms with Crippen LogP contribution in [0, 0.1) is 0 Å². The van der Waals surface area contributed by atoms with Gasteiger partial charge in [-0.15, -0.1) is 0 Å². The third kappa shape index (κ3) is 6.99. The molecule has 0 saturated carbocycles. The molecule has 156 valence electrons. The largest absolute Gasteiger partial charge is 0.354 e. The van der Waals surface area contributed by atoms with Gasteiger partial charge in [-0.3, -0.25) is 9.59 Å². The molecule has 0 unspecified atom stereocenters. The molecule has 7 nitrogen and oxygen atoms in total. The summed E-state index contributed by atoms with van der Waals surface area (Å²) in [6.45, 7) is 5.78. The molecule has 0 aliphatic carbocycles. The lowest BCUT2D eigenvalue weighted by Gasteiger charge is -2.13. The van der Waals surface area contributed by atoms with Crippen molar-refractivity contribution in [3.63, 3.8) is 0 Å². The van der Waals surface area contributed by atoms with Gasteiger partial charge < -0.3 is 10.6 Å². The third-order valence-corrected chi connectivity index (χ3v) is 5.88. The molecular formula is C21H27N3O4S. The Hall–Kier alpha value is -2.71. The fraction of sp³-hybridized carbons (Fsp3) is 0.333. The van der Waals surface area contributed by atoms with E-state index in [1.54, 1.807) is 13.8 Å². The van der Waals surface area contributed by atoms with Crippen LogP contribution < -0.4 is 15.4 Å². The first-order valence-electron chi connectivity index (χ1n) is 9.41. The van der Waals surface area contributed by atoms with Gasteiger partial charge in [0.05, 0.1) is 11.4 Å². The van der Waals surface area contributed by atoms with Gasteiger partial charge in [0.1, 0.15) is 0 Å². The molecule has 0 saturated heterocycles. The molecule has 0 heterocycles. The van der Waals surface area contributed by atoms with Crippen LogP contribution in [0.1, 0.15) is 42.6 Å². The molecule has 29 heavy (non-hydrogen) atoms. The molecule has 0 radical (unpaired) electrons. The monoisotopic (exact) mass is 417 g/mol. The van der Waals surface area contributed by atoms with Gasteiger partial charge in [0, 0.05) is 18.2 Å². The van der Waals surface area contributed by atoms with Crippen LogP contribution in [0.2, 0.25) is 0 Å². The van der Waals surface area contributed by atoms with Crippen LogP contribution in [0.3, 0.4) is 0 Å². The number of hydrogen-bond acceptors (Lipinski definition) is 4. The zero-order valence-electron chi connectivity index (χ0n) is 16.8. The smallest absolute Gasteiger partial charge is 0.251 e. The lowest BCUT2D eigenvalue weighted by Crippen LogP contribution is -2.38. The van der Waals surface area contributed by atoms with Gasteiger partial charge in [-0.05, 0) is 49.6 Å². The summed E-state index contributed by atoms with van der Waals surface area (Å²) in [5, 5.41) is 5.33. The van der Waals surface area contributed by atoms with Crippen molar-refractivity contribution in [2.75, 3.05) is 13.1 Å². The quantitative estimate of drug-likeness (QED) is 0.581. The average Bonchev–Trinajstić information content (AvgIpc) is 2.70. The van der Waals surface area contributed by atoms with Crippen LogP contribution in [0.5, 0.6) is 0 Å². The summed E-state index contributed by atoms with van der Waals surface area (Å²) in [5.41, 5.74) is 1.40. The van der Waals surface area contributed by atoms with E-state index in [0.29, 0.717) is 6.54 Å². The molecular weight excluding hydrogens is 390 g/mol. The van der Waals surface area contributed by atoms with E-state index in [0.717, 1.165) is 5.56 Å². The highest BCUT2D eigenvalue weighted by atomic mass is 32.2. The summed E-state index contributed by atoms with van der Waals surface area (Å²) in [6, 6.07) is 15.2. The van der Waals surface area contributed by atoms with Crippen LogP contribution in [0.4, 0.5) is 0 Å². The van der Waals surface area contributed by atoms with Crippen LogP contribution >= 0.6 is 0 Å². The van der Waals surface area contributed by atoms with Crippen molar-refractivity contribution in [2.45, 2.75) is 37.6 Å². The van der Waals surface area contributed by atoms with Crippen LogP contribution in [0.15, 0.2) is 59.5 Å². The van der Waals surface area contributed by atoms with Gasteiger partial charge in [0.15, 0.2) is 0 Å². The lowest BCUT2D eigenvalue weighted by atomic mass is 10.0. The number of benzene rings is 2. The second-order valence-corrected chi connectivity index (χ2v) is 8.81. The van der Waals surface area contributed by atoms with Gasteiger partial charge in [-0.2, -0.15) is 0 Å². The Balaban J connectivity index is 1.83. The Kier molecular flexibility index (Phi) is 7.92. The molecule has 0 aliphatic rings. The van der Waals surface area contributed by atoms with Crippen molar-refractivity contribution >= 4 is 21.8 Å². The minimum Gasteiger partial charge on any atom is -0.354 e. The van der Waals surface area contributed by atoms with E-state index < -0.39 is 15.9 Å². The predicted octanol–water partition coefficient (Wildman–Crippen LogP) is 2.02. The minimum absolute atomic E-state index is 0.0791. The predicted molar refractivity (Wildman–Crippen MR) is 112 cm³/mol. The summed E-state index contributed by atoms with van der Waals surface area (Å²) < 4.78 is 26.7. The SMILES string of the molecule is CC(C)NS(=O)(=O)c1ccc(C(=O)NCC(=O)NC[C@@H](C)c2ccccc2)cc1. The van der Waals surface area contributed by atoms with Gasteiger partial charge in [0.2, 0.25) is 15.9 Å². The number of amides is 2. The second-order valence-electron chi connectivity index (χ2n) is 7.10.